The van der Waals surface area contributed by atoms with Gasteiger partial charge in [0.2, 0.25) is 0 Å². The van der Waals surface area contributed by atoms with Gasteiger partial charge in [-0.15, -0.1) is 0 Å². The number of nitrogens with two attached hydrogens (primary N) is 1. The Hall–Kier alpha value is -1.71. The Balaban J connectivity index is 8.54. The number of hydrogen-bond donors (Lipinski definition) is 1. The Morgan fingerprint density at radius 1 is 0.244 bits per heavy atom. The molecule has 0 saturated carbocycles. The molecular formula is C12H2F27NSi. The molecule has 0 bridgehead atoms. The Kier molecular flexibility index (Phi) is 8.76. The van der Waals surface area contributed by atoms with Crippen molar-refractivity contribution in [3.8, 4) is 0 Å². The van der Waals surface area contributed by atoms with Gasteiger partial charge >= 0.3 is 78.9 Å². The first-order valence-electron chi connectivity index (χ1n) is 8.39. The first kappa shape index (κ1) is 39.3. The van der Waals surface area contributed by atoms with Gasteiger partial charge in [0.15, 0.2) is 0 Å². The fourth-order valence-corrected chi connectivity index (χ4v) is 5.60. The van der Waals surface area contributed by atoms with Crippen LogP contribution in [0.5, 0.6) is 0 Å². The highest BCUT2D eigenvalue weighted by atomic mass is 28.3. The molecule has 29 heteroatoms. The van der Waals surface area contributed by atoms with Gasteiger partial charge in [0.1, 0.15) is 0 Å². The van der Waals surface area contributed by atoms with Crippen LogP contribution in [0.15, 0.2) is 0 Å². The van der Waals surface area contributed by atoms with Crippen LogP contribution in [0.3, 0.4) is 0 Å². The predicted octanol–water partition coefficient (Wildman–Crippen LogP) is 7.91. The molecule has 0 rings (SSSR count). The normalized spacial score (nSPS) is 17.3. The van der Waals surface area contributed by atoms with E-state index in [1.165, 1.54) is 0 Å². The van der Waals surface area contributed by atoms with Gasteiger partial charge in [0, 0.05) is 0 Å². The lowest BCUT2D eigenvalue weighted by Crippen LogP contribution is -2.94. The van der Waals surface area contributed by atoms with Crippen LogP contribution in [-0.2, 0) is 0 Å². The van der Waals surface area contributed by atoms with E-state index in [0.717, 1.165) is 0 Å². The standard InChI is InChI=1S/C12H2F27NSi/c13-1(14,7(25,26)27)4(19,20)10(34,35)41(40,11(36,37)5(21,22)2(15,16)8(28,29)30)12(38,39)6(23,24)3(17,18)9(31,32)33/h40H2. The van der Waals surface area contributed by atoms with E-state index in [-0.39, 0.29) is 0 Å². The van der Waals surface area contributed by atoms with Crippen LogP contribution in [0.4, 0.5) is 119 Å². The molecule has 1 nitrogen and oxygen atoms in total. The Labute approximate surface area is 204 Å². The monoisotopic (exact) mass is 701 g/mol. The van der Waals surface area contributed by atoms with Crippen molar-refractivity contribution in [3.05, 3.63) is 0 Å². The average molecular weight is 701 g/mol. The summed E-state index contributed by atoms with van der Waals surface area (Å²) in [6.45, 7) is 0. The van der Waals surface area contributed by atoms with Crippen molar-refractivity contribution in [2.75, 3.05) is 0 Å². The highest BCUT2D eigenvalue weighted by Crippen LogP contribution is 2.67. The number of alkyl halides is 27. The molecule has 0 spiro atoms. The average Bonchev–Trinajstić information content (AvgIpc) is 2.69. The highest BCUT2D eigenvalue weighted by Gasteiger charge is 3.04. The van der Waals surface area contributed by atoms with Crippen LogP contribution in [0.1, 0.15) is 0 Å². The van der Waals surface area contributed by atoms with Gasteiger partial charge in [-0.05, 0) is 0 Å². The van der Waals surface area contributed by atoms with Gasteiger partial charge in [-0.3, -0.25) is 0 Å². The van der Waals surface area contributed by atoms with Gasteiger partial charge in [0.05, 0.1) is 0 Å². The molecule has 0 aromatic carbocycles. The highest BCUT2D eigenvalue weighted by molar-refractivity contribution is 6.84. The fraction of sp³-hybridized carbons (Fsp3) is 1.00. The molecule has 0 fully saturated rings. The number of halogens is 27. The van der Waals surface area contributed by atoms with Crippen molar-refractivity contribution in [3.63, 3.8) is 0 Å². The molecule has 41 heavy (non-hydrogen) atoms. The van der Waals surface area contributed by atoms with E-state index < -0.39 is 78.9 Å². The quantitative estimate of drug-likeness (QED) is 0.192. The molecule has 2 N–H and O–H groups in total. The van der Waals surface area contributed by atoms with Crippen molar-refractivity contribution in [1.29, 1.82) is 0 Å². The molecule has 0 aromatic rings. The largest absolute Gasteiger partial charge is 0.460 e. The topological polar surface area (TPSA) is 26.0 Å². The molecular weight excluding hydrogens is 699 g/mol. The molecule has 0 heterocycles. The summed E-state index contributed by atoms with van der Waals surface area (Å²) in [5.41, 5.74) is -29.4. The number of hydrogen-bond acceptors (Lipinski definition) is 1. The zero-order valence-corrected chi connectivity index (χ0v) is 18.3. The minimum atomic E-state index is -12.1. The van der Waals surface area contributed by atoms with E-state index >= 15 is 0 Å². The third-order valence-corrected chi connectivity index (χ3v) is 8.83. The third kappa shape index (κ3) is 4.46. The first-order valence-corrected chi connectivity index (χ1v) is 10.5. The minimum Gasteiger partial charge on any atom is -0.337 e. The van der Waals surface area contributed by atoms with Crippen molar-refractivity contribution in [1.82, 2.24) is 0 Å². The van der Waals surface area contributed by atoms with Gasteiger partial charge in [0.25, 0.3) is 0 Å². The van der Waals surface area contributed by atoms with Crippen LogP contribution in [-0.4, -0.2) is 78.9 Å². The smallest absolute Gasteiger partial charge is 0.337 e. The minimum absolute atomic E-state index is 2.96. The summed E-state index contributed by atoms with van der Waals surface area (Å²) in [6, 6.07) is 0. The first-order chi connectivity index (χ1) is 17.0. The second-order valence-electron chi connectivity index (χ2n) is 7.47. The molecule has 0 aromatic heterocycles. The summed E-state index contributed by atoms with van der Waals surface area (Å²) in [5.74, 6) is -55.6. The second kappa shape index (κ2) is 9.15. The van der Waals surface area contributed by atoms with Crippen molar-refractivity contribution in [2.45, 2.75) is 70.7 Å². The Morgan fingerprint density at radius 3 is 0.463 bits per heavy atom. The molecule has 0 radical (unpaired) electrons. The van der Waals surface area contributed by atoms with Gasteiger partial charge in [-0.25, -0.2) is 26.3 Å². The Bertz CT molecular complexity index is 841. The molecule has 248 valence electrons. The molecule has 0 unspecified atom stereocenters. The summed E-state index contributed by atoms with van der Waals surface area (Å²) in [6.07, 6.45) is -25.4. The molecule has 0 amide bonds. The second-order valence-corrected chi connectivity index (χ2v) is 11.0. The van der Waals surface area contributed by atoms with Crippen LogP contribution in [0.2, 0.25) is 0 Å². The van der Waals surface area contributed by atoms with Crippen LogP contribution >= 0.6 is 0 Å². The lowest BCUT2D eigenvalue weighted by molar-refractivity contribution is -0.405. The maximum Gasteiger partial charge on any atom is 0.460 e. The van der Waals surface area contributed by atoms with E-state index in [1.807, 2.05) is 0 Å². The van der Waals surface area contributed by atoms with Crippen LogP contribution < -0.4 is 5.40 Å². The zero-order chi connectivity index (χ0) is 34.5. The molecule has 0 aliphatic rings. The lowest BCUT2D eigenvalue weighted by atomic mass is 10.1. The molecule has 0 saturated heterocycles. The van der Waals surface area contributed by atoms with E-state index in [4.69, 9.17) is 0 Å². The predicted molar refractivity (Wildman–Crippen MR) is 72.6 cm³/mol. The zero-order valence-electron chi connectivity index (χ0n) is 17.3. The van der Waals surface area contributed by atoms with Crippen LogP contribution in [0.25, 0.3) is 0 Å². The molecule has 0 atom stereocenters. The summed E-state index contributed by atoms with van der Waals surface area (Å²) in [5, 5.41) is 2.96. The van der Waals surface area contributed by atoms with E-state index in [1.54, 1.807) is 0 Å². The lowest BCUT2D eigenvalue weighted by Gasteiger charge is -2.51. The molecule has 0 aliphatic carbocycles. The van der Waals surface area contributed by atoms with E-state index in [0.29, 0.717) is 0 Å². The maximum absolute atomic E-state index is 14.2. The van der Waals surface area contributed by atoms with Gasteiger partial charge in [-0.1, -0.05) is 0 Å². The van der Waals surface area contributed by atoms with Gasteiger partial charge in [-0.2, -0.15) is 92.2 Å². The summed E-state index contributed by atoms with van der Waals surface area (Å²) < 4.78 is 355. The van der Waals surface area contributed by atoms with E-state index in [9.17, 15) is 119 Å². The third-order valence-electron chi connectivity index (χ3n) is 4.92. The molecule has 0 aliphatic heterocycles. The van der Waals surface area contributed by atoms with E-state index in [2.05, 4.69) is 5.40 Å². The van der Waals surface area contributed by atoms with Crippen molar-refractivity contribution in [2.24, 2.45) is 5.40 Å². The summed E-state index contributed by atoms with van der Waals surface area (Å²) in [7, 11) is -12.1. The maximum atomic E-state index is 14.2. The number of rotatable bonds is 9. The van der Waals surface area contributed by atoms with Crippen LogP contribution in [0, 0.1) is 0 Å². The van der Waals surface area contributed by atoms with Crippen molar-refractivity contribution < 1.29 is 119 Å². The van der Waals surface area contributed by atoms with Crippen molar-refractivity contribution >= 4 is 8.24 Å². The van der Waals surface area contributed by atoms with Gasteiger partial charge < -0.3 is 5.40 Å². The Morgan fingerprint density at radius 2 is 0.366 bits per heavy atom. The fourth-order valence-electron chi connectivity index (χ4n) is 2.46. The SMILES string of the molecule is N[Si](C(F)(F)C(F)(F)C(F)(F)C(F)(F)F)(C(F)(F)C(F)(F)C(F)(F)C(F)(F)F)C(F)(F)C(F)(F)C(F)(F)C(F)(F)F. The summed E-state index contributed by atoms with van der Waals surface area (Å²) >= 11 is 0. The summed E-state index contributed by atoms with van der Waals surface area (Å²) in [4.78, 5) is 0.